The number of rotatable bonds is 4. The van der Waals surface area contributed by atoms with Crippen LogP contribution in [0.25, 0.3) is 0 Å². The van der Waals surface area contributed by atoms with Crippen LogP contribution < -0.4 is 4.90 Å². The molecule has 17 heavy (non-hydrogen) atoms. The Labute approximate surface area is 101 Å². The van der Waals surface area contributed by atoms with E-state index >= 15 is 0 Å². The molecule has 1 aromatic carbocycles. The Morgan fingerprint density at radius 2 is 1.94 bits per heavy atom. The molecule has 1 atom stereocenters. The zero-order valence-electron chi connectivity index (χ0n) is 10.1. The van der Waals surface area contributed by atoms with E-state index in [9.17, 15) is 5.11 Å². The Morgan fingerprint density at radius 1 is 1.24 bits per heavy atom. The lowest BCUT2D eigenvalue weighted by Gasteiger charge is -2.18. The molecular weight excluding hydrogens is 214 g/mol. The molecule has 3 heteroatoms. The molecule has 2 aromatic rings. The minimum absolute atomic E-state index is 0.417. The van der Waals surface area contributed by atoms with Gasteiger partial charge < -0.3 is 14.4 Å². The third-order valence-corrected chi connectivity index (χ3v) is 2.79. The van der Waals surface area contributed by atoms with Crippen LogP contribution in [0.15, 0.2) is 47.1 Å². The average Bonchev–Trinajstić information content (AvgIpc) is 2.82. The smallest absolute Gasteiger partial charge is 0.123 e. The predicted octanol–water partition coefficient (Wildman–Crippen LogP) is 2.97. The summed E-state index contributed by atoms with van der Waals surface area (Å²) in [6, 6.07) is 11.7. The molecule has 0 saturated carbocycles. The van der Waals surface area contributed by atoms with E-state index in [0.29, 0.717) is 0 Å². The van der Waals surface area contributed by atoms with Crippen molar-refractivity contribution in [2.24, 2.45) is 0 Å². The van der Waals surface area contributed by atoms with Crippen LogP contribution in [0.4, 0.5) is 5.69 Å². The molecule has 1 heterocycles. The third kappa shape index (κ3) is 2.88. The number of aliphatic hydroxyl groups is 1. The molecule has 1 N–H and O–H groups in total. The molecule has 0 bridgehead atoms. The summed E-state index contributed by atoms with van der Waals surface area (Å²) in [4.78, 5) is 2.10. The van der Waals surface area contributed by atoms with Gasteiger partial charge in [0.1, 0.15) is 5.76 Å². The summed E-state index contributed by atoms with van der Waals surface area (Å²) in [6.45, 7) is 2.50. The number of furan rings is 1. The summed E-state index contributed by atoms with van der Waals surface area (Å²) in [6.07, 6.45) is 1.26. The Bertz CT molecular complexity index is 446. The van der Waals surface area contributed by atoms with Crippen molar-refractivity contribution in [3.05, 3.63) is 54.0 Å². The Morgan fingerprint density at radius 3 is 2.47 bits per heavy atom. The second-order valence-electron chi connectivity index (χ2n) is 4.20. The van der Waals surface area contributed by atoms with Crippen LogP contribution in [0.5, 0.6) is 0 Å². The maximum atomic E-state index is 9.43. The minimum Gasteiger partial charge on any atom is -0.467 e. The van der Waals surface area contributed by atoms with Crippen LogP contribution in [-0.4, -0.2) is 12.2 Å². The SMILES string of the molecule is C[C@@H](O)c1ccc(N(C)Cc2ccco2)cc1. The van der Waals surface area contributed by atoms with Gasteiger partial charge in [0.25, 0.3) is 0 Å². The molecule has 0 aliphatic carbocycles. The zero-order chi connectivity index (χ0) is 12.3. The number of anilines is 1. The number of benzene rings is 1. The highest BCUT2D eigenvalue weighted by Crippen LogP contribution is 2.19. The van der Waals surface area contributed by atoms with Gasteiger partial charge in [0.05, 0.1) is 18.9 Å². The molecule has 0 aliphatic rings. The Kier molecular flexibility index (Phi) is 3.49. The molecule has 0 aliphatic heterocycles. The van der Waals surface area contributed by atoms with E-state index in [1.54, 1.807) is 13.2 Å². The second-order valence-corrected chi connectivity index (χ2v) is 4.20. The molecule has 0 saturated heterocycles. The number of hydrogen-bond acceptors (Lipinski definition) is 3. The Hall–Kier alpha value is -1.74. The van der Waals surface area contributed by atoms with E-state index in [2.05, 4.69) is 4.90 Å². The normalized spacial score (nSPS) is 12.4. The van der Waals surface area contributed by atoms with Crippen molar-refractivity contribution in [1.29, 1.82) is 0 Å². The van der Waals surface area contributed by atoms with Gasteiger partial charge in [-0.25, -0.2) is 0 Å². The quantitative estimate of drug-likeness (QED) is 0.878. The van der Waals surface area contributed by atoms with Gasteiger partial charge in [-0.2, -0.15) is 0 Å². The van der Waals surface area contributed by atoms with E-state index in [1.165, 1.54) is 0 Å². The summed E-state index contributed by atoms with van der Waals surface area (Å²) in [7, 11) is 2.01. The van der Waals surface area contributed by atoms with Crippen LogP contribution in [0.1, 0.15) is 24.4 Å². The first-order valence-electron chi connectivity index (χ1n) is 5.68. The summed E-state index contributed by atoms with van der Waals surface area (Å²) in [5.41, 5.74) is 2.03. The van der Waals surface area contributed by atoms with Gasteiger partial charge in [0.15, 0.2) is 0 Å². The molecule has 0 amide bonds. The fourth-order valence-electron chi connectivity index (χ4n) is 1.73. The van der Waals surface area contributed by atoms with Crippen LogP contribution >= 0.6 is 0 Å². The van der Waals surface area contributed by atoms with Crippen LogP contribution in [0.2, 0.25) is 0 Å². The van der Waals surface area contributed by atoms with Crippen LogP contribution in [-0.2, 0) is 6.54 Å². The lowest BCUT2D eigenvalue weighted by atomic mass is 10.1. The topological polar surface area (TPSA) is 36.6 Å². The van der Waals surface area contributed by atoms with Crippen molar-refractivity contribution in [1.82, 2.24) is 0 Å². The van der Waals surface area contributed by atoms with Crippen molar-refractivity contribution in [3.63, 3.8) is 0 Å². The van der Waals surface area contributed by atoms with Gasteiger partial charge in [0.2, 0.25) is 0 Å². The van der Waals surface area contributed by atoms with Crippen molar-refractivity contribution in [2.45, 2.75) is 19.6 Å². The molecule has 0 unspecified atom stereocenters. The highest BCUT2D eigenvalue weighted by Gasteiger charge is 2.05. The summed E-state index contributed by atoms with van der Waals surface area (Å²) < 4.78 is 5.31. The molecule has 1 aromatic heterocycles. The first kappa shape index (κ1) is 11.7. The van der Waals surface area contributed by atoms with E-state index in [1.807, 2.05) is 43.4 Å². The monoisotopic (exact) mass is 231 g/mol. The van der Waals surface area contributed by atoms with E-state index in [-0.39, 0.29) is 0 Å². The molecular formula is C14H17NO2. The number of hydrogen-bond donors (Lipinski definition) is 1. The van der Waals surface area contributed by atoms with Gasteiger partial charge in [-0.15, -0.1) is 0 Å². The predicted molar refractivity (Wildman–Crippen MR) is 67.9 cm³/mol. The largest absolute Gasteiger partial charge is 0.467 e. The lowest BCUT2D eigenvalue weighted by molar-refractivity contribution is 0.199. The van der Waals surface area contributed by atoms with E-state index < -0.39 is 6.10 Å². The van der Waals surface area contributed by atoms with Gasteiger partial charge in [-0.1, -0.05) is 12.1 Å². The Balaban J connectivity index is 2.06. The van der Waals surface area contributed by atoms with Gasteiger partial charge in [-0.3, -0.25) is 0 Å². The summed E-state index contributed by atoms with van der Waals surface area (Å²) in [5.74, 6) is 0.937. The fourth-order valence-corrected chi connectivity index (χ4v) is 1.73. The zero-order valence-corrected chi connectivity index (χ0v) is 10.1. The lowest BCUT2D eigenvalue weighted by Crippen LogP contribution is -2.15. The average molecular weight is 231 g/mol. The molecule has 3 nitrogen and oxygen atoms in total. The van der Waals surface area contributed by atoms with E-state index in [0.717, 1.165) is 23.6 Å². The standard InChI is InChI=1S/C14H17NO2/c1-11(16)12-5-7-13(8-6-12)15(2)10-14-4-3-9-17-14/h3-9,11,16H,10H2,1-2H3/t11-/m1/s1. The number of aliphatic hydroxyl groups excluding tert-OH is 1. The van der Waals surface area contributed by atoms with Crippen molar-refractivity contribution in [3.8, 4) is 0 Å². The first-order valence-corrected chi connectivity index (χ1v) is 5.68. The minimum atomic E-state index is -0.417. The van der Waals surface area contributed by atoms with Crippen LogP contribution in [0.3, 0.4) is 0 Å². The van der Waals surface area contributed by atoms with Gasteiger partial charge >= 0.3 is 0 Å². The molecule has 0 fully saturated rings. The van der Waals surface area contributed by atoms with Gasteiger partial charge in [0, 0.05) is 12.7 Å². The maximum absolute atomic E-state index is 9.43. The molecule has 0 radical (unpaired) electrons. The van der Waals surface area contributed by atoms with Crippen molar-refractivity contribution < 1.29 is 9.52 Å². The van der Waals surface area contributed by atoms with Crippen molar-refractivity contribution >= 4 is 5.69 Å². The van der Waals surface area contributed by atoms with Crippen molar-refractivity contribution in [2.75, 3.05) is 11.9 Å². The summed E-state index contributed by atoms with van der Waals surface area (Å²) in [5, 5.41) is 9.43. The highest BCUT2D eigenvalue weighted by molar-refractivity contribution is 5.47. The second kappa shape index (κ2) is 5.06. The molecule has 90 valence electrons. The van der Waals surface area contributed by atoms with E-state index in [4.69, 9.17) is 4.42 Å². The summed E-state index contributed by atoms with van der Waals surface area (Å²) >= 11 is 0. The fraction of sp³-hybridized carbons (Fsp3) is 0.286. The molecule has 0 spiro atoms. The first-order chi connectivity index (χ1) is 8.16. The van der Waals surface area contributed by atoms with Gasteiger partial charge in [-0.05, 0) is 36.8 Å². The third-order valence-electron chi connectivity index (χ3n) is 2.79. The maximum Gasteiger partial charge on any atom is 0.123 e. The number of nitrogens with zero attached hydrogens (tertiary/aromatic N) is 1. The molecule has 2 rings (SSSR count). The van der Waals surface area contributed by atoms with Crippen LogP contribution in [0, 0.1) is 0 Å². The highest BCUT2D eigenvalue weighted by atomic mass is 16.3.